The minimum Gasteiger partial charge on any atom is -0.490 e. The Morgan fingerprint density at radius 1 is 1.10 bits per heavy atom. The van der Waals surface area contributed by atoms with Crippen molar-refractivity contribution in [1.82, 2.24) is 9.80 Å². The summed E-state index contributed by atoms with van der Waals surface area (Å²) >= 11 is 0. The van der Waals surface area contributed by atoms with E-state index in [1.54, 1.807) is 12.1 Å². The van der Waals surface area contributed by atoms with Crippen molar-refractivity contribution >= 4 is 28.3 Å². The van der Waals surface area contributed by atoms with E-state index in [0.29, 0.717) is 26.1 Å². The fourth-order valence-corrected chi connectivity index (χ4v) is 3.79. The monoisotopic (exact) mass is 417 g/mol. The molecule has 10 heteroatoms. The highest BCUT2D eigenvalue weighted by Gasteiger charge is 2.36. The molecule has 0 fully saturated rings. The summed E-state index contributed by atoms with van der Waals surface area (Å²) in [5.41, 5.74) is 0.136. The third-order valence-electron chi connectivity index (χ3n) is 5.14. The molecule has 1 aliphatic heterocycles. The molecule has 10 nitrogen and oxygen atoms in total. The molecule has 0 aliphatic carbocycles. The lowest BCUT2D eigenvalue weighted by molar-refractivity contribution is -0.383. The van der Waals surface area contributed by atoms with E-state index in [1.807, 2.05) is 4.90 Å². The van der Waals surface area contributed by atoms with Crippen LogP contribution in [0.15, 0.2) is 24.3 Å². The summed E-state index contributed by atoms with van der Waals surface area (Å²) in [6.45, 7) is 1.26. The Balaban J connectivity index is 1.94. The number of benzene rings is 2. The first-order valence-corrected chi connectivity index (χ1v) is 9.53. The first-order valence-electron chi connectivity index (χ1n) is 9.53. The highest BCUT2D eigenvalue weighted by atomic mass is 16.6. The molecule has 2 N–H and O–H groups in total. The number of carbonyl (C=O) groups is 2. The van der Waals surface area contributed by atoms with Crippen LogP contribution in [0.1, 0.15) is 27.1 Å². The molecule has 2 aromatic carbocycles. The highest BCUT2D eigenvalue weighted by molar-refractivity contribution is 6.26. The summed E-state index contributed by atoms with van der Waals surface area (Å²) in [5, 5.41) is 30.2. The molecule has 2 aromatic rings. The Labute approximate surface area is 172 Å². The zero-order chi connectivity index (χ0) is 21.8. The summed E-state index contributed by atoms with van der Waals surface area (Å²) < 4.78 is 5.15. The van der Waals surface area contributed by atoms with Crippen molar-refractivity contribution in [1.29, 1.82) is 0 Å². The van der Waals surface area contributed by atoms with Crippen molar-refractivity contribution in [3.8, 4) is 5.75 Å². The van der Waals surface area contributed by atoms with E-state index in [-0.39, 0.29) is 53.1 Å². The molecule has 1 aliphatic rings. The van der Waals surface area contributed by atoms with Gasteiger partial charge in [-0.15, -0.1) is 0 Å². The number of nitro groups is 1. The highest BCUT2D eigenvalue weighted by Crippen LogP contribution is 2.41. The molecule has 160 valence electrons. The van der Waals surface area contributed by atoms with Crippen molar-refractivity contribution in [3.63, 3.8) is 0 Å². The van der Waals surface area contributed by atoms with Crippen LogP contribution in [-0.2, 0) is 0 Å². The van der Waals surface area contributed by atoms with Gasteiger partial charge in [0.25, 0.3) is 11.8 Å². The number of hydrogen-bond acceptors (Lipinski definition) is 8. The first-order chi connectivity index (χ1) is 14.4. The molecule has 1 heterocycles. The maximum Gasteiger partial charge on any atom is 0.318 e. The molecule has 0 aromatic heterocycles. The quantitative estimate of drug-likeness (QED) is 0.333. The van der Waals surface area contributed by atoms with Crippen molar-refractivity contribution in [3.05, 3.63) is 45.5 Å². The smallest absolute Gasteiger partial charge is 0.318 e. The number of nitro benzene ring substituents is 1. The average Bonchev–Trinajstić information content (AvgIpc) is 2.73. The minimum atomic E-state index is -0.583. The van der Waals surface area contributed by atoms with Gasteiger partial charge in [-0.3, -0.25) is 29.5 Å². The van der Waals surface area contributed by atoms with Crippen LogP contribution in [0.4, 0.5) is 5.69 Å². The standard InChI is InChI=1S/C20H23N3O7/c1-30-16-12-15-17-13(18(16)23(28)29)4-2-5-14(17)19(26)22(20(15)27)7-3-6-21(8-10-24)9-11-25/h2,4-5,12,24-25H,3,6-11H2,1H3. The number of aliphatic hydroxyl groups is 2. The molecule has 0 spiro atoms. The van der Waals surface area contributed by atoms with E-state index >= 15 is 0 Å². The Morgan fingerprint density at radius 3 is 2.37 bits per heavy atom. The molecule has 0 saturated heterocycles. The van der Waals surface area contributed by atoms with E-state index in [9.17, 15) is 19.7 Å². The van der Waals surface area contributed by atoms with E-state index in [4.69, 9.17) is 14.9 Å². The van der Waals surface area contributed by atoms with Gasteiger partial charge >= 0.3 is 5.69 Å². The van der Waals surface area contributed by atoms with Gasteiger partial charge in [-0.25, -0.2) is 0 Å². The molecule has 0 atom stereocenters. The molecule has 30 heavy (non-hydrogen) atoms. The van der Waals surface area contributed by atoms with Crippen LogP contribution in [0, 0.1) is 10.1 Å². The van der Waals surface area contributed by atoms with Crippen LogP contribution in [0.3, 0.4) is 0 Å². The van der Waals surface area contributed by atoms with Gasteiger partial charge in [-0.1, -0.05) is 6.07 Å². The van der Waals surface area contributed by atoms with Gasteiger partial charge in [-0.2, -0.15) is 0 Å². The zero-order valence-electron chi connectivity index (χ0n) is 16.5. The SMILES string of the molecule is COc1cc2c3c(cccc3c1[N+](=O)[O-])C(=O)N(CCCN(CCO)CCO)C2=O. The molecule has 0 radical (unpaired) electrons. The van der Waals surface area contributed by atoms with Crippen molar-refractivity contribution in [2.75, 3.05) is 46.5 Å². The predicted octanol–water partition coefficient (Wildman–Crippen LogP) is 1.03. The molecule has 3 rings (SSSR count). The third-order valence-corrected chi connectivity index (χ3v) is 5.14. The molecule has 0 saturated carbocycles. The van der Waals surface area contributed by atoms with Gasteiger partial charge in [0.05, 0.1) is 36.2 Å². The second kappa shape index (κ2) is 9.16. The third kappa shape index (κ3) is 3.84. The van der Waals surface area contributed by atoms with Gasteiger partial charge in [0.2, 0.25) is 0 Å². The number of nitrogens with zero attached hydrogens (tertiary/aromatic N) is 3. The van der Waals surface area contributed by atoms with Crippen LogP contribution in [0.5, 0.6) is 5.75 Å². The number of imide groups is 1. The summed E-state index contributed by atoms with van der Waals surface area (Å²) in [6, 6.07) is 5.91. The number of methoxy groups -OCH3 is 1. The number of ether oxygens (including phenoxy) is 1. The van der Waals surface area contributed by atoms with Crippen LogP contribution in [0.2, 0.25) is 0 Å². The van der Waals surface area contributed by atoms with Gasteiger partial charge in [0.1, 0.15) is 0 Å². The van der Waals surface area contributed by atoms with E-state index in [2.05, 4.69) is 0 Å². The van der Waals surface area contributed by atoms with Crippen LogP contribution in [-0.4, -0.2) is 83.3 Å². The number of hydrogen-bond donors (Lipinski definition) is 2. The second-order valence-electron chi connectivity index (χ2n) is 6.86. The average molecular weight is 417 g/mol. The normalized spacial score (nSPS) is 13.4. The summed E-state index contributed by atoms with van der Waals surface area (Å²) in [7, 11) is 1.29. The lowest BCUT2D eigenvalue weighted by Crippen LogP contribution is -2.42. The molecule has 0 unspecified atom stereocenters. The van der Waals surface area contributed by atoms with Crippen LogP contribution >= 0.6 is 0 Å². The van der Waals surface area contributed by atoms with Crippen molar-refractivity contribution in [2.45, 2.75) is 6.42 Å². The van der Waals surface area contributed by atoms with Crippen molar-refractivity contribution in [2.24, 2.45) is 0 Å². The summed E-state index contributed by atoms with van der Waals surface area (Å²) in [5.74, 6) is -1.08. The van der Waals surface area contributed by atoms with Crippen LogP contribution in [0.25, 0.3) is 10.8 Å². The number of aliphatic hydroxyl groups excluding tert-OH is 2. The summed E-state index contributed by atoms with van der Waals surface area (Å²) in [4.78, 5) is 40.0. The maximum absolute atomic E-state index is 13.1. The topological polar surface area (TPSA) is 133 Å². The Hall–Kier alpha value is -3.08. The first kappa shape index (κ1) is 21.6. The molecular formula is C20H23N3O7. The maximum atomic E-state index is 13.1. The van der Waals surface area contributed by atoms with E-state index in [1.165, 1.54) is 19.2 Å². The molecule has 0 bridgehead atoms. The van der Waals surface area contributed by atoms with Crippen LogP contribution < -0.4 is 4.74 Å². The lowest BCUT2D eigenvalue weighted by Gasteiger charge is -2.28. The van der Waals surface area contributed by atoms with Gasteiger partial charge in [0, 0.05) is 43.2 Å². The number of amides is 2. The van der Waals surface area contributed by atoms with Gasteiger partial charge in [0.15, 0.2) is 5.75 Å². The van der Waals surface area contributed by atoms with Crippen molar-refractivity contribution < 1.29 is 29.5 Å². The number of rotatable bonds is 10. The molecular weight excluding hydrogens is 394 g/mol. The lowest BCUT2D eigenvalue weighted by atomic mass is 9.92. The number of carbonyl (C=O) groups excluding carboxylic acids is 2. The zero-order valence-corrected chi connectivity index (χ0v) is 16.5. The Kier molecular flexibility index (Phi) is 6.60. The Morgan fingerprint density at radius 2 is 1.77 bits per heavy atom. The second-order valence-corrected chi connectivity index (χ2v) is 6.86. The predicted molar refractivity (Wildman–Crippen MR) is 108 cm³/mol. The van der Waals surface area contributed by atoms with E-state index < -0.39 is 16.7 Å². The fraction of sp³-hybridized carbons (Fsp3) is 0.400. The summed E-state index contributed by atoms with van der Waals surface area (Å²) in [6.07, 6.45) is 0.451. The van der Waals surface area contributed by atoms with Gasteiger partial charge in [-0.05, 0) is 18.6 Å². The van der Waals surface area contributed by atoms with Gasteiger partial charge < -0.3 is 14.9 Å². The largest absolute Gasteiger partial charge is 0.490 e. The molecule has 2 amide bonds. The minimum absolute atomic E-state index is 0.0423. The van der Waals surface area contributed by atoms with E-state index in [0.717, 1.165) is 4.90 Å². The fourth-order valence-electron chi connectivity index (χ4n) is 3.79. The Bertz CT molecular complexity index is 986.